The Hall–Kier alpha value is -1.28. The van der Waals surface area contributed by atoms with Crippen LogP contribution in [0.4, 0.5) is 0 Å². The van der Waals surface area contributed by atoms with Crippen molar-refractivity contribution >= 4 is 10.9 Å². The highest BCUT2D eigenvalue weighted by molar-refractivity contribution is 5.84. The van der Waals surface area contributed by atoms with Crippen LogP contribution in [0.3, 0.4) is 0 Å². The second-order valence-electron chi connectivity index (χ2n) is 4.89. The minimum absolute atomic E-state index is 0.673. The lowest BCUT2D eigenvalue weighted by Gasteiger charge is -2.04. The predicted octanol–water partition coefficient (Wildman–Crippen LogP) is 2.86. The van der Waals surface area contributed by atoms with Crippen LogP contribution < -0.4 is 5.32 Å². The summed E-state index contributed by atoms with van der Waals surface area (Å²) >= 11 is 0. The molecule has 0 bridgehead atoms. The number of benzene rings is 1. The summed E-state index contributed by atoms with van der Waals surface area (Å²) in [5.74, 6) is 0.673. The van der Waals surface area contributed by atoms with Crippen LogP contribution in [0.1, 0.15) is 29.2 Å². The first-order valence-corrected chi connectivity index (χ1v) is 6.05. The molecule has 0 amide bonds. The van der Waals surface area contributed by atoms with Crippen LogP contribution in [0, 0.1) is 13.8 Å². The van der Waals surface area contributed by atoms with Crippen LogP contribution in [0.25, 0.3) is 10.9 Å². The predicted molar refractivity (Wildman–Crippen MR) is 68.0 cm³/mol. The second kappa shape index (κ2) is 3.63. The SMILES string of the molecule is Cc1ccc2cc(C3CCNC3)[nH]c2c1C. The molecule has 2 aromatic rings. The molecule has 1 aliphatic heterocycles. The fourth-order valence-corrected chi connectivity index (χ4v) is 2.61. The second-order valence-corrected chi connectivity index (χ2v) is 4.89. The van der Waals surface area contributed by atoms with Crippen molar-refractivity contribution in [3.63, 3.8) is 0 Å². The average molecular weight is 214 g/mol. The summed E-state index contributed by atoms with van der Waals surface area (Å²) in [4.78, 5) is 3.61. The largest absolute Gasteiger partial charge is 0.358 e. The number of H-pyrrole nitrogens is 1. The third-order valence-electron chi connectivity index (χ3n) is 3.85. The van der Waals surface area contributed by atoms with Crippen molar-refractivity contribution in [3.05, 3.63) is 35.0 Å². The fraction of sp³-hybridized carbons (Fsp3) is 0.429. The van der Waals surface area contributed by atoms with E-state index in [2.05, 4.69) is 42.3 Å². The Morgan fingerprint density at radius 1 is 1.25 bits per heavy atom. The Morgan fingerprint density at radius 2 is 2.12 bits per heavy atom. The van der Waals surface area contributed by atoms with Gasteiger partial charge in [-0.25, -0.2) is 0 Å². The Kier molecular flexibility index (Phi) is 2.25. The van der Waals surface area contributed by atoms with Crippen LogP contribution in [0.5, 0.6) is 0 Å². The molecule has 0 saturated carbocycles. The summed E-state index contributed by atoms with van der Waals surface area (Å²) in [6.45, 7) is 6.64. The lowest BCUT2D eigenvalue weighted by atomic mass is 10.0. The van der Waals surface area contributed by atoms with Crippen molar-refractivity contribution in [1.82, 2.24) is 10.3 Å². The van der Waals surface area contributed by atoms with Crippen molar-refractivity contribution < 1.29 is 0 Å². The Balaban J connectivity index is 2.11. The number of rotatable bonds is 1. The third-order valence-corrected chi connectivity index (χ3v) is 3.85. The highest BCUT2D eigenvalue weighted by Gasteiger charge is 2.18. The van der Waals surface area contributed by atoms with E-state index in [-0.39, 0.29) is 0 Å². The average Bonchev–Trinajstić information content (AvgIpc) is 2.91. The van der Waals surface area contributed by atoms with E-state index in [1.165, 1.54) is 34.1 Å². The van der Waals surface area contributed by atoms with Gasteiger partial charge in [0.2, 0.25) is 0 Å². The van der Waals surface area contributed by atoms with Crippen LogP contribution in [0.15, 0.2) is 18.2 Å². The van der Waals surface area contributed by atoms with Crippen molar-refractivity contribution in [2.45, 2.75) is 26.2 Å². The molecule has 1 aromatic carbocycles. The maximum absolute atomic E-state index is 3.61. The number of fused-ring (bicyclic) bond motifs is 1. The lowest BCUT2D eigenvalue weighted by Crippen LogP contribution is -2.07. The molecule has 1 aliphatic rings. The van der Waals surface area contributed by atoms with Gasteiger partial charge in [-0.15, -0.1) is 0 Å². The van der Waals surface area contributed by atoms with Crippen LogP contribution in [0.2, 0.25) is 0 Å². The quantitative estimate of drug-likeness (QED) is 0.750. The zero-order valence-corrected chi connectivity index (χ0v) is 9.93. The molecule has 2 heteroatoms. The maximum Gasteiger partial charge on any atom is 0.0488 e. The van der Waals surface area contributed by atoms with E-state index in [0.29, 0.717) is 5.92 Å². The highest BCUT2D eigenvalue weighted by Crippen LogP contribution is 2.28. The summed E-state index contributed by atoms with van der Waals surface area (Å²) in [6.07, 6.45) is 1.25. The van der Waals surface area contributed by atoms with E-state index in [9.17, 15) is 0 Å². The Morgan fingerprint density at radius 3 is 2.88 bits per heavy atom. The standard InChI is InChI=1S/C14H18N2/c1-9-3-4-11-7-13(12-5-6-15-8-12)16-14(11)10(9)2/h3-4,7,12,15-16H,5-6,8H2,1-2H3. The third kappa shape index (κ3) is 1.45. The summed E-state index contributed by atoms with van der Waals surface area (Å²) in [6, 6.07) is 6.75. The number of hydrogen-bond acceptors (Lipinski definition) is 1. The van der Waals surface area contributed by atoms with E-state index in [0.717, 1.165) is 13.1 Å². The van der Waals surface area contributed by atoms with Gasteiger partial charge in [-0.2, -0.15) is 0 Å². The summed E-state index contributed by atoms with van der Waals surface area (Å²) in [5.41, 5.74) is 5.47. The molecule has 16 heavy (non-hydrogen) atoms. The molecule has 0 aliphatic carbocycles. The number of aromatic amines is 1. The summed E-state index contributed by atoms with van der Waals surface area (Å²) in [5, 5.41) is 4.77. The molecular formula is C14H18N2. The van der Waals surface area contributed by atoms with Crippen LogP contribution in [-0.4, -0.2) is 18.1 Å². The maximum atomic E-state index is 3.61. The lowest BCUT2D eigenvalue weighted by molar-refractivity contribution is 0.743. The molecule has 2 heterocycles. The van der Waals surface area contributed by atoms with Crippen molar-refractivity contribution in [2.75, 3.05) is 13.1 Å². The van der Waals surface area contributed by atoms with E-state index in [4.69, 9.17) is 0 Å². The number of aryl methyl sites for hydroxylation is 2. The van der Waals surface area contributed by atoms with Gasteiger partial charge < -0.3 is 10.3 Å². The van der Waals surface area contributed by atoms with Crippen LogP contribution >= 0.6 is 0 Å². The molecule has 1 unspecified atom stereocenters. The zero-order valence-electron chi connectivity index (χ0n) is 9.93. The van der Waals surface area contributed by atoms with Gasteiger partial charge in [0.15, 0.2) is 0 Å². The molecule has 1 fully saturated rings. The summed E-state index contributed by atoms with van der Waals surface area (Å²) in [7, 11) is 0. The first-order valence-electron chi connectivity index (χ1n) is 6.05. The highest BCUT2D eigenvalue weighted by atomic mass is 14.9. The first kappa shape index (κ1) is 9.91. The minimum Gasteiger partial charge on any atom is -0.358 e. The Labute approximate surface area is 96.1 Å². The van der Waals surface area contributed by atoms with E-state index >= 15 is 0 Å². The fourth-order valence-electron chi connectivity index (χ4n) is 2.61. The molecule has 0 radical (unpaired) electrons. The normalized spacial score (nSPS) is 20.8. The van der Waals surface area contributed by atoms with Crippen molar-refractivity contribution in [3.8, 4) is 0 Å². The number of nitrogens with one attached hydrogen (secondary N) is 2. The van der Waals surface area contributed by atoms with Gasteiger partial charge in [-0.05, 0) is 49.4 Å². The molecule has 3 rings (SSSR count). The molecule has 84 valence electrons. The molecule has 2 N–H and O–H groups in total. The Bertz CT molecular complexity index is 519. The monoisotopic (exact) mass is 214 g/mol. The van der Waals surface area contributed by atoms with Gasteiger partial charge in [-0.3, -0.25) is 0 Å². The summed E-state index contributed by atoms with van der Waals surface area (Å²) < 4.78 is 0. The topological polar surface area (TPSA) is 27.8 Å². The van der Waals surface area contributed by atoms with Gasteiger partial charge in [0.25, 0.3) is 0 Å². The van der Waals surface area contributed by atoms with Crippen molar-refractivity contribution in [1.29, 1.82) is 0 Å². The van der Waals surface area contributed by atoms with Crippen LogP contribution in [-0.2, 0) is 0 Å². The van der Waals surface area contributed by atoms with Gasteiger partial charge in [-0.1, -0.05) is 12.1 Å². The smallest absolute Gasteiger partial charge is 0.0488 e. The van der Waals surface area contributed by atoms with E-state index in [1.54, 1.807) is 0 Å². The number of aromatic nitrogens is 1. The molecule has 0 spiro atoms. The molecule has 1 atom stereocenters. The van der Waals surface area contributed by atoms with Gasteiger partial charge in [0, 0.05) is 23.7 Å². The zero-order chi connectivity index (χ0) is 11.1. The molecule has 1 saturated heterocycles. The molecule has 2 nitrogen and oxygen atoms in total. The molecule has 1 aromatic heterocycles. The van der Waals surface area contributed by atoms with E-state index in [1.807, 2.05) is 0 Å². The van der Waals surface area contributed by atoms with E-state index < -0.39 is 0 Å². The van der Waals surface area contributed by atoms with Gasteiger partial charge in [0.05, 0.1) is 0 Å². The first-order chi connectivity index (χ1) is 7.75. The minimum atomic E-state index is 0.673. The number of hydrogen-bond donors (Lipinski definition) is 2. The van der Waals surface area contributed by atoms with Gasteiger partial charge in [0.1, 0.15) is 0 Å². The van der Waals surface area contributed by atoms with Gasteiger partial charge >= 0.3 is 0 Å². The van der Waals surface area contributed by atoms with Crippen molar-refractivity contribution in [2.24, 2.45) is 0 Å². The molecular weight excluding hydrogens is 196 g/mol.